The maximum absolute atomic E-state index is 9.00. The van der Waals surface area contributed by atoms with Crippen LogP contribution in [-0.2, 0) is 9.59 Å². The molecule has 1 fully saturated rings. The van der Waals surface area contributed by atoms with E-state index in [-0.39, 0.29) is 0 Å². The predicted molar refractivity (Wildman–Crippen MR) is 51.7 cm³/mol. The summed E-state index contributed by atoms with van der Waals surface area (Å²) in [5.74, 6) is -1.92. The third kappa shape index (κ3) is 44.3. The molecule has 1 aliphatic carbocycles. The minimum absolute atomic E-state index is 0.833. The molecule has 1 aliphatic rings. The van der Waals surface area contributed by atoms with E-state index in [9.17, 15) is 0 Å². The molecule has 0 radical (unpaired) electrons. The van der Waals surface area contributed by atoms with Crippen LogP contribution in [-0.4, -0.2) is 17.0 Å². The zero-order valence-corrected chi connectivity index (χ0v) is 8.91. The molecule has 14 heavy (non-hydrogen) atoms. The Morgan fingerprint density at radius 3 is 1.07 bits per heavy atom. The van der Waals surface area contributed by atoms with Gasteiger partial charge in [0.2, 0.25) is 0 Å². The summed E-state index contributed by atoms with van der Waals surface area (Å²) in [4.78, 5) is 17.9. The number of hydrogen-bond acceptors (Lipinski definition) is 3. The lowest BCUT2D eigenvalue weighted by molar-refractivity contribution is -0.302. The van der Waals surface area contributed by atoms with Gasteiger partial charge in [0.1, 0.15) is 0 Å². The summed E-state index contributed by atoms with van der Waals surface area (Å²) in [6.45, 7) is 2.06. The van der Waals surface area contributed by atoms with Gasteiger partial charge in [0, 0.05) is 12.9 Å². The lowest BCUT2D eigenvalue weighted by atomic mass is 10.0. The van der Waals surface area contributed by atoms with Crippen molar-refractivity contribution in [2.75, 3.05) is 0 Å². The van der Waals surface area contributed by atoms with Gasteiger partial charge in [0.15, 0.2) is 0 Å². The van der Waals surface area contributed by atoms with E-state index in [1.54, 1.807) is 0 Å². The second kappa shape index (κ2) is 11.9. The van der Waals surface area contributed by atoms with Crippen LogP contribution in [0, 0.1) is 0 Å². The van der Waals surface area contributed by atoms with Crippen molar-refractivity contribution < 1.29 is 19.8 Å². The van der Waals surface area contributed by atoms with Gasteiger partial charge in [-0.3, -0.25) is 4.79 Å². The van der Waals surface area contributed by atoms with E-state index < -0.39 is 11.9 Å². The summed E-state index contributed by atoms with van der Waals surface area (Å²) in [5.41, 5.74) is 0. The fourth-order valence-corrected chi connectivity index (χ4v) is 1.06. The Hall–Kier alpha value is -1.06. The zero-order valence-electron chi connectivity index (χ0n) is 8.91. The Morgan fingerprint density at radius 1 is 0.929 bits per heavy atom. The van der Waals surface area contributed by atoms with Crippen molar-refractivity contribution in [2.45, 2.75) is 52.4 Å². The standard InChI is InChI=1S/C6H12.2C2H4O2/c1-2-4-6-5-3-1;2*1-2(3)4/h1-6H2;2*1H3,(H,3,4)/p-1. The maximum atomic E-state index is 9.00. The Bertz CT molecular complexity index is 119. The molecular weight excluding hydrogens is 184 g/mol. The zero-order chi connectivity index (χ0) is 11.4. The van der Waals surface area contributed by atoms with Gasteiger partial charge >= 0.3 is 0 Å². The second-order valence-electron chi connectivity index (χ2n) is 3.13. The number of aliphatic carboxylic acids is 2. The van der Waals surface area contributed by atoms with Gasteiger partial charge in [-0.05, 0) is 6.92 Å². The Morgan fingerprint density at radius 2 is 1.00 bits per heavy atom. The highest BCUT2D eigenvalue weighted by molar-refractivity contribution is 5.62. The largest absolute Gasteiger partial charge is 0.550 e. The van der Waals surface area contributed by atoms with E-state index in [0.717, 1.165) is 13.8 Å². The van der Waals surface area contributed by atoms with Crippen molar-refractivity contribution in [1.82, 2.24) is 0 Å². The SMILES string of the molecule is C1CCCCC1.CC(=O)O.CC(=O)[O-]. The predicted octanol–water partition coefficient (Wildman–Crippen LogP) is 1.19. The van der Waals surface area contributed by atoms with Crippen molar-refractivity contribution in [3.8, 4) is 0 Å². The number of carboxylic acid groups (broad SMARTS) is 2. The molecule has 0 aromatic carbocycles. The summed E-state index contributed by atoms with van der Waals surface area (Å²) < 4.78 is 0. The summed E-state index contributed by atoms with van der Waals surface area (Å²) in [7, 11) is 0. The van der Waals surface area contributed by atoms with Gasteiger partial charge in [0.05, 0.1) is 0 Å². The molecule has 0 heterocycles. The number of rotatable bonds is 0. The molecule has 1 saturated carbocycles. The molecule has 0 amide bonds. The van der Waals surface area contributed by atoms with Crippen LogP contribution in [0.15, 0.2) is 0 Å². The quantitative estimate of drug-likeness (QED) is 0.641. The van der Waals surface area contributed by atoms with E-state index >= 15 is 0 Å². The molecule has 0 atom stereocenters. The van der Waals surface area contributed by atoms with Crippen molar-refractivity contribution in [3.63, 3.8) is 0 Å². The maximum Gasteiger partial charge on any atom is 0.300 e. The highest BCUT2D eigenvalue weighted by Gasteiger charge is 1.95. The monoisotopic (exact) mass is 203 g/mol. The highest BCUT2D eigenvalue weighted by Crippen LogP contribution is 2.15. The van der Waals surface area contributed by atoms with Gasteiger partial charge in [-0.1, -0.05) is 38.5 Å². The van der Waals surface area contributed by atoms with Crippen molar-refractivity contribution >= 4 is 11.9 Å². The number of carboxylic acids is 2. The van der Waals surface area contributed by atoms with Gasteiger partial charge in [-0.2, -0.15) is 0 Å². The van der Waals surface area contributed by atoms with Crippen LogP contribution in [0.4, 0.5) is 0 Å². The van der Waals surface area contributed by atoms with Crippen molar-refractivity contribution in [3.05, 3.63) is 0 Å². The van der Waals surface area contributed by atoms with E-state index in [2.05, 4.69) is 0 Å². The second-order valence-corrected chi connectivity index (χ2v) is 3.13. The lowest BCUT2D eigenvalue weighted by Crippen LogP contribution is -2.16. The molecule has 0 unspecified atom stereocenters. The highest BCUT2D eigenvalue weighted by atomic mass is 16.4. The molecule has 84 valence electrons. The van der Waals surface area contributed by atoms with Crippen molar-refractivity contribution in [1.29, 1.82) is 0 Å². The summed E-state index contributed by atoms with van der Waals surface area (Å²) in [5, 5.41) is 16.3. The molecule has 1 N–H and O–H groups in total. The van der Waals surface area contributed by atoms with Gasteiger partial charge in [0.25, 0.3) is 5.97 Å². The molecule has 4 heteroatoms. The number of hydrogen-bond donors (Lipinski definition) is 1. The Balaban J connectivity index is 0. The van der Waals surface area contributed by atoms with Gasteiger partial charge in [-0.15, -0.1) is 0 Å². The fourth-order valence-electron chi connectivity index (χ4n) is 1.06. The molecule has 0 aromatic heterocycles. The molecule has 0 aliphatic heterocycles. The van der Waals surface area contributed by atoms with Crippen LogP contribution in [0.1, 0.15) is 52.4 Å². The first-order chi connectivity index (χ1) is 6.46. The topological polar surface area (TPSA) is 77.4 Å². The minimum atomic E-state index is -1.08. The molecule has 0 aromatic rings. The van der Waals surface area contributed by atoms with Crippen LogP contribution in [0.5, 0.6) is 0 Å². The third-order valence-electron chi connectivity index (χ3n) is 1.50. The van der Waals surface area contributed by atoms with Crippen LogP contribution in [0.2, 0.25) is 0 Å². The molecule has 0 saturated heterocycles. The molecule has 1 rings (SSSR count). The molecular formula is C10H19O4-. The third-order valence-corrected chi connectivity index (χ3v) is 1.50. The van der Waals surface area contributed by atoms with Crippen LogP contribution in [0.25, 0.3) is 0 Å². The van der Waals surface area contributed by atoms with Crippen LogP contribution < -0.4 is 5.11 Å². The normalized spacial score (nSPS) is 13.9. The minimum Gasteiger partial charge on any atom is -0.550 e. The van der Waals surface area contributed by atoms with Crippen LogP contribution >= 0.6 is 0 Å². The van der Waals surface area contributed by atoms with E-state index in [0.29, 0.717) is 0 Å². The van der Waals surface area contributed by atoms with Gasteiger partial charge in [-0.25, -0.2) is 0 Å². The summed E-state index contributed by atoms with van der Waals surface area (Å²) >= 11 is 0. The average Bonchev–Trinajstić information content (AvgIpc) is 2.05. The number of carbonyl (C=O) groups excluding carboxylic acids is 1. The average molecular weight is 203 g/mol. The lowest BCUT2D eigenvalue weighted by Gasteiger charge is -2.05. The van der Waals surface area contributed by atoms with E-state index in [1.807, 2.05) is 0 Å². The van der Waals surface area contributed by atoms with Crippen molar-refractivity contribution in [2.24, 2.45) is 0 Å². The molecule has 0 spiro atoms. The Kier molecular flexibility index (Phi) is 13.1. The fraction of sp³-hybridized carbons (Fsp3) is 0.800. The Labute approximate surface area is 84.9 Å². The molecule has 0 bridgehead atoms. The first-order valence-electron chi connectivity index (χ1n) is 4.84. The van der Waals surface area contributed by atoms with E-state index in [4.69, 9.17) is 19.8 Å². The summed E-state index contributed by atoms with van der Waals surface area (Å²) in [6.07, 6.45) is 9.00. The summed E-state index contributed by atoms with van der Waals surface area (Å²) in [6, 6.07) is 0. The first kappa shape index (κ1) is 15.4. The van der Waals surface area contributed by atoms with Crippen LogP contribution in [0.3, 0.4) is 0 Å². The van der Waals surface area contributed by atoms with E-state index in [1.165, 1.54) is 38.5 Å². The smallest absolute Gasteiger partial charge is 0.300 e. The first-order valence-corrected chi connectivity index (χ1v) is 4.84. The number of carbonyl (C=O) groups is 2. The molecule has 4 nitrogen and oxygen atoms in total. The van der Waals surface area contributed by atoms with Gasteiger partial charge < -0.3 is 15.0 Å².